The van der Waals surface area contributed by atoms with Gasteiger partial charge in [0, 0.05) is 21.5 Å². The maximum atomic E-state index is 12.7. The van der Waals surface area contributed by atoms with Gasteiger partial charge in [-0.3, -0.25) is 9.59 Å². The summed E-state index contributed by atoms with van der Waals surface area (Å²) in [5.74, 6) is 0.633. The predicted octanol–water partition coefficient (Wildman–Crippen LogP) is 6.51. The van der Waals surface area contributed by atoms with Crippen molar-refractivity contribution < 1.29 is 14.3 Å². The van der Waals surface area contributed by atoms with Gasteiger partial charge in [-0.15, -0.1) is 23.1 Å². The first kappa shape index (κ1) is 25.5. The number of carbonyl (C=O) groups excluding carboxylic acids is 2. The third-order valence-corrected chi connectivity index (χ3v) is 7.09. The van der Waals surface area contributed by atoms with Crippen molar-refractivity contribution in [1.29, 1.82) is 0 Å². The van der Waals surface area contributed by atoms with E-state index in [1.165, 1.54) is 23.1 Å². The molecule has 2 amide bonds. The molecule has 0 spiro atoms. The second-order valence-electron chi connectivity index (χ2n) is 7.98. The van der Waals surface area contributed by atoms with E-state index in [9.17, 15) is 9.59 Å². The number of thioether (sulfide) groups is 1. The zero-order valence-corrected chi connectivity index (χ0v) is 21.7. The van der Waals surface area contributed by atoms with Crippen molar-refractivity contribution in [2.45, 2.75) is 30.4 Å². The van der Waals surface area contributed by atoms with Gasteiger partial charge in [-0.25, -0.2) is 4.98 Å². The molecular weight excluding hydrogens is 490 g/mol. The largest absolute Gasteiger partial charge is 0.494 e. The van der Waals surface area contributed by atoms with Crippen LogP contribution >= 0.6 is 23.1 Å². The molecule has 4 rings (SSSR count). The summed E-state index contributed by atoms with van der Waals surface area (Å²) in [6.07, 6.45) is 0.325. The summed E-state index contributed by atoms with van der Waals surface area (Å²) in [6.45, 7) is 4.43. The normalized spacial score (nSPS) is 11.5. The fraction of sp³-hybridized carbons (Fsp3) is 0.179. The van der Waals surface area contributed by atoms with Gasteiger partial charge in [0.2, 0.25) is 11.8 Å². The number of benzene rings is 3. The highest BCUT2D eigenvalue weighted by Gasteiger charge is 2.17. The minimum absolute atomic E-state index is 0.0672. The number of nitrogens with one attached hydrogen (secondary N) is 2. The summed E-state index contributed by atoms with van der Waals surface area (Å²) in [4.78, 5) is 30.5. The number of thiazole rings is 1. The van der Waals surface area contributed by atoms with E-state index in [0.717, 1.165) is 33.2 Å². The molecule has 8 heteroatoms. The lowest BCUT2D eigenvalue weighted by Crippen LogP contribution is -2.22. The molecule has 4 aromatic rings. The molecule has 1 heterocycles. The van der Waals surface area contributed by atoms with Crippen molar-refractivity contribution in [1.82, 2.24) is 4.98 Å². The molecule has 0 fully saturated rings. The molecule has 0 aliphatic carbocycles. The molecule has 1 unspecified atom stereocenters. The van der Waals surface area contributed by atoms with Crippen LogP contribution in [0.2, 0.25) is 0 Å². The number of amides is 2. The van der Waals surface area contributed by atoms with Gasteiger partial charge in [0.15, 0.2) is 5.13 Å². The number of anilines is 2. The first-order valence-electron chi connectivity index (χ1n) is 11.6. The van der Waals surface area contributed by atoms with Gasteiger partial charge < -0.3 is 15.4 Å². The quantitative estimate of drug-likeness (QED) is 0.234. The number of hydrogen-bond donors (Lipinski definition) is 2. The Morgan fingerprint density at radius 2 is 1.69 bits per heavy atom. The second-order valence-corrected chi connectivity index (χ2v) is 10.3. The van der Waals surface area contributed by atoms with Crippen LogP contribution in [0.3, 0.4) is 0 Å². The van der Waals surface area contributed by atoms with Crippen LogP contribution in [0.1, 0.15) is 19.4 Å². The molecule has 0 aliphatic rings. The van der Waals surface area contributed by atoms with E-state index in [4.69, 9.17) is 4.74 Å². The molecule has 1 atom stereocenters. The third kappa shape index (κ3) is 7.19. The molecule has 0 saturated heterocycles. The number of aromatic nitrogens is 1. The SMILES string of the molecule is CCOc1ccc(-c2csc(NC(=O)C(C)Sc3ccc(NC(=O)Cc4ccccc4)cc3)n2)cc1. The van der Waals surface area contributed by atoms with Gasteiger partial charge in [0.05, 0.1) is 24.0 Å². The monoisotopic (exact) mass is 517 g/mol. The van der Waals surface area contributed by atoms with Gasteiger partial charge in [0.1, 0.15) is 5.75 Å². The van der Waals surface area contributed by atoms with Crippen molar-refractivity contribution in [2.24, 2.45) is 0 Å². The number of ether oxygens (including phenoxy) is 1. The lowest BCUT2D eigenvalue weighted by atomic mass is 10.1. The van der Waals surface area contributed by atoms with Crippen molar-refractivity contribution in [3.05, 3.63) is 89.8 Å². The van der Waals surface area contributed by atoms with Crippen LogP contribution in [-0.2, 0) is 16.0 Å². The molecule has 6 nitrogen and oxygen atoms in total. The maximum absolute atomic E-state index is 12.7. The minimum atomic E-state index is -0.318. The summed E-state index contributed by atoms with van der Waals surface area (Å²) in [7, 11) is 0. The minimum Gasteiger partial charge on any atom is -0.494 e. The highest BCUT2D eigenvalue weighted by molar-refractivity contribution is 8.00. The molecular formula is C28H27N3O3S2. The van der Waals surface area contributed by atoms with Crippen molar-refractivity contribution in [3.63, 3.8) is 0 Å². The van der Waals surface area contributed by atoms with Gasteiger partial charge in [-0.1, -0.05) is 30.3 Å². The summed E-state index contributed by atoms with van der Waals surface area (Å²) in [5.41, 5.74) is 3.47. The Labute approximate surface area is 219 Å². The van der Waals surface area contributed by atoms with Crippen LogP contribution in [0.25, 0.3) is 11.3 Å². The lowest BCUT2D eigenvalue weighted by Gasteiger charge is -2.11. The first-order chi connectivity index (χ1) is 17.5. The molecule has 36 heavy (non-hydrogen) atoms. The van der Waals surface area contributed by atoms with E-state index in [1.807, 2.05) is 98.1 Å². The topological polar surface area (TPSA) is 80.3 Å². The van der Waals surface area contributed by atoms with E-state index in [0.29, 0.717) is 18.2 Å². The van der Waals surface area contributed by atoms with E-state index < -0.39 is 0 Å². The molecule has 2 N–H and O–H groups in total. The summed E-state index contributed by atoms with van der Waals surface area (Å²) in [6, 6.07) is 24.9. The number of carbonyl (C=O) groups is 2. The van der Waals surface area contributed by atoms with Crippen LogP contribution in [0, 0.1) is 0 Å². The Kier molecular flexibility index (Phi) is 8.76. The summed E-state index contributed by atoms with van der Waals surface area (Å²) < 4.78 is 5.48. The maximum Gasteiger partial charge on any atom is 0.239 e. The number of nitrogens with zero attached hydrogens (tertiary/aromatic N) is 1. The van der Waals surface area contributed by atoms with Crippen molar-refractivity contribution in [2.75, 3.05) is 17.2 Å². The Bertz CT molecular complexity index is 1290. The van der Waals surface area contributed by atoms with E-state index >= 15 is 0 Å². The zero-order chi connectivity index (χ0) is 25.3. The van der Waals surface area contributed by atoms with Crippen LogP contribution in [-0.4, -0.2) is 28.7 Å². The zero-order valence-electron chi connectivity index (χ0n) is 20.1. The second kappa shape index (κ2) is 12.4. The fourth-order valence-corrected chi connectivity index (χ4v) is 5.01. The molecule has 0 aliphatic heterocycles. The standard InChI is InChI=1S/C28H27N3O3S2/c1-3-34-23-13-9-21(10-14-23)25-18-35-28(30-25)31-27(33)19(2)36-24-15-11-22(12-16-24)29-26(32)17-20-7-5-4-6-8-20/h4-16,18-19H,3,17H2,1-2H3,(H,29,32)(H,30,31,33). The van der Waals surface area contributed by atoms with Crippen LogP contribution in [0.15, 0.2) is 89.1 Å². The molecule has 184 valence electrons. The van der Waals surface area contributed by atoms with Gasteiger partial charge in [-0.2, -0.15) is 0 Å². The van der Waals surface area contributed by atoms with Crippen molar-refractivity contribution >= 4 is 45.7 Å². The third-order valence-electron chi connectivity index (χ3n) is 5.22. The van der Waals surface area contributed by atoms with E-state index in [2.05, 4.69) is 15.6 Å². The predicted molar refractivity (Wildman–Crippen MR) is 148 cm³/mol. The van der Waals surface area contributed by atoms with Gasteiger partial charge in [-0.05, 0) is 67.9 Å². The Hall–Kier alpha value is -3.62. The average Bonchev–Trinajstić information content (AvgIpc) is 3.35. The molecule has 1 aromatic heterocycles. The van der Waals surface area contributed by atoms with E-state index in [-0.39, 0.29) is 17.1 Å². The van der Waals surface area contributed by atoms with Crippen LogP contribution < -0.4 is 15.4 Å². The molecule has 3 aromatic carbocycles. The number of rotatable bonds is 10. The van der Waals surface area contributed by atoms with Crippen LogP contribution in [0.4, 0.5) is 10.8 Å². The molecule has 0 saturated carbocycles. The van der Waals surface area contributed by atoms with Crippen molar-refractivity contribution in [3.8, 4) is 17.0 Å². The Morgan fingerprint density at radius 3 is 2.39 bits per heavy atom. The first-order valence-corrected chi connectivity index (χ1v) is 13.4. The molecule has 0 radical (unpaired) electrons. The van der Waals surface area contributed by atoms with Crippen LogP contribution in [0.5, 0.6) is 5.75 Å². The number of hydrogen-bond acceptors (Lipinski definition) is 6. The fourth-order valence-electron chi connectivity index (χ4n) is 3.42. The highest BCUT2D eigenvalue weighted by atomic mass is 32.2. The molecule has 0 bridgehead atoms. The average molecular weight is 518 g/mol. The lowest BCUT2D eigenvalue weighted by molar-refractivity contribution is -0.116. The smallest absolute Gasteiger partial charge is 0.239 e. The summed E-state index contributed by atoms with van der Waals surface area (Å²) >= 11 is 2.84. The highest BCUT2D eigenvalue weighted by Crippen LogP contribution is 2.29. The van der Waals surface area contributed by atoms with Gasteiger partial charge in [0.25, 0.3) is 0 Å². The Morgan fingerprint density at radius 1 is 0.972 bits per heavy atom. The van der Waals surface area contributed by atoms with Gasteiger partial charge >= 0.3 is 0 Å². The summed E-state index contributed by atoms with van der Waals surface area (Å²) in [5, 5.41) is 7.99. The van der Waals surface area contributed by atoms with E-state index in [1.54, 1.807) is 0 Å². The Balaban J connectivity index is 1.27.